The van der Waals surface area contributed by atoms with E-state index in [2.05, 4.69) is 14.6 Å². The van der Waals surface area contributed by atoms with Gasteiger partial charge in [-0.3, -0.25) is 14.7 Å². The fourth-order valence-corrected chi connectivity index (χ4v) is 5.14. The number of carboxylic acid groups (broad SMARTS) is 1. The lowest BCUT2D eigenvalue weighted by Crippen LogP contribution is -2.38. The largest absolute Gasteiger partial charge is 0.481 e. The van der Waals surface area contributed by atoms with Crippen molar-refractivity contribution in [3.8, 4) is 0 Å². The minimum Gasteiger partial charge on any atom is -0.481 e. The van der Waals surface area contributed by atoms with Crippen molar-refractivity contribution in [1.82, 2.24) is 14.6 Å². The number of aromatic nitrogens is 1. The number of nitrogens with one attached hydrogen (secondary N) is 1. The minimum absolute atomic E-state index is 0.148. The summed E-state index contributed by atoms with van der Waals surface area (Å²) in [5.74, 6) is -0.794. The third-order valence-corrected chi connectivity index (χ3v) is 7.30. The summed E-state index contributed by atoms with van der Waals surface area (Å²) in [6, 6.07) is 18.9. The molecule has 0 radical (unpaired) electrons. The van der Waals surface area contributed by atoms with Gasteiger partial charge in [-0.25, -0.2) is 13.1 Å². The fourth-order valence-electron chi connectivity index (χ4n) is 3.80. The molecule has 186 valence electrons. The first-order valence-corrected chi connectivity index (χ1v) is 13.4. The van der Waals surface area contributed by atoms with Crippen molar-refractivity contribution in [2.24, 2.45) is 0 Å². The van der Waals surface area contributed by atoms with Crippen LogP contribution in [0.4, 0.5) is 0 Å². The molecule has 1 atom stereocenters. The van der Waals surface area contributed by atoms with Gasteiger partial charge in [-0.05, 0) is 60.8 Å². The van der Waals surface area contributed by atoms with Crippen molar-refractivity contribution in [3.63, 3.8) is 0 Å². The van der Waals surface area contributed by atoms with Crippen LogP contribution in [0.1, 0.15) is 42.9 Å². The number of carboxylic acids is 1. The first-order chi connectivity index (χ1) is 16.8. The van der Waals surface area contributed by atoms with Gasteiger partial charge < -0.3 is 5.11 Å². The minimum atomic E-state index is -3.79. The van der Waals surface area contributed by atoms with Crippen LogP contribution in [-0.4, -0.2) is 42.5 Å². The molecule has 0 fully saturated rings. The zero-order valence-corrected chi connectivity index (χ0v) is 21.0. The molecule has 0 aliphatic heterocycles. The Labute approximate surface area is 211 Å². The molecular weight excluding hydrogens is 486 g/mol. The van der Waals surface area contributed by atoms with Crippen molar-refractivity contribution < 1.29 is 18.3 Å². The molecule has 0 amide bonds. The lowest BCUT2D eigenvalue weighted by Gasteiger charge is -2.28. The Balaban J connectivity index is 1.80. The summed E-state index contributed by atoms with van der Waals surface area (Å²) in [4.78, 5) is 17.3. The first-order valence-electron chi connectivity index (χ1n) is 11.5. The summed E-state index contributed by atoms with van der Waals surface area (Å²) in [7, 11) is -3.79. The van der Waals surface area contributed by atoms with Crippen LogP contribution in [0.25, 0.3) is 0 Å². The summed E-state index contributed by atoms with van der Waals surface area (Å²) >= 11 is 5.94. The molecule has 3 rings (SSSR count). The average molecular weight is 516 g/mol. The molecule has 1 aromatic heterocycles. The number of halogens is 1. The van der Waals surface area contributed by atoms with Gasteiger partial charge in [-0.1, -0.05) is 54.4 Å². The van der Waals surface area contributed by atoms with Gasteiger partial charge in [0, 0.05) is 36.9 Å². The van der Waals surface area contributed by atoms with Gasteiger partial charge in [0.1, 0.15) is 0 Å². The van der Waals surface area contributed by atoms with Crippen LogP contribution < -0.4 is 4.72 Å². The van der Waals surface area contributed by atoms with Crippen LogP contribution in [0, 0.1) is 0 Å². The fraction of sp³-hybridized carbons (Fsp3) is 0.308. The molecule has 0 saturated heterocycles. The van der Waals surface area contributed by atoms with Crippen LogP contribution >= 0.6 is 11.6 Å². The Morgan fingerprint density at radius 3 is 2.40 bits per heavy atom. The van der Waals surface area contributed by atoms with E-state index in [1.165, 1.54) is 12.1 Å². The maximum Gasteiger partial charge on any atom is 0.303 e. The van der Waals surface area contributed by atoms with E-state index in [9.17, 15) is 13.2 Å². The number of pyridine rings is 1. The highest BCUT2D eigenvalue weighted by Gasteiger charge is 2.24. The second-order valence-corrected chi connectivity index (χ2v) is 10.5. The zero-order valence-electron chi connectivity index (χ0n) is 19.4. The monoisotopic (exact) mass is 515 g/mol. The predicted molar refractivity (Wildman–Crippen MR) is 137 cm³/mol. The molecule has 0 saturated carbocycles. The van der Waals surface area contributed by atoms with E-state index in [1.807, 2.05) is 42.5 Å². The lowest BCUT2D eigenvalue weighted by molar-refractivity contribution is -0.137. The van der Waals surface area contributed by atoms with Gasteiger partial charge in [0.05, 0.1) is 10.9 Å². The van der Waals surface area contributed by atoms with Crippen LogP contribution in [0.2, 0.25) is 5.02 Å². The third kappa shape index (κ3) is 9.07. The number of benzene rings is 2. The summed E-state index contributed by atoms with van der Waals surface area (Å²) < 4.78 is 29.3. The standard InChI is InChI=1S/C26H30ClN3O4S/c27-23-12-14-24(15-13-23)35(33,34)29-25(22-9-3-1-4-10-22)20-30(17-6-2-5-11-26(31)32)19-21-8-7-16-28-18-21/h1,3-4,7-10,12-16,18,25,29H,2,5-6,11,17,19-20H2,(H,31,32)/t25-/m0/s1. The number of unbranched alkanes of at least 4 members (excludes halogenated alkanes) is 2. The predicted octanol–water partition coefficient (Wildman–Crippen LogP) is 4.90. The lowest BCUT2D eigenvalue weighted by atomic mass is 10.1. The maximum absolute atomic E-state index is 13.2. The van der Waals surface area contributed by atoms with Gasteiger partial charge in [-0.2, -0.15) is 0 Å². The molecule has 0 aliphatic rings. The van der Waals surface area contributed by atoms with E-state index in [1.54, 1.807) is 24.5 Å². The van der Waals surface area contributed by atoms with Gasteiger partial charge in [0.15, 0.2) is 0 Å². The smallest absolute Gasteiger partial charge is 0.303 e. The Hall–Kier alpha value is -2.78. The highest BCUT2D eigenvalue weighted by Crippen LogP contribution is 2.21. The summed E-state index contributed by atoms with van der Waals surface area (Å²) in [5, 5.41) is 9.36. The van der Waals surface area contributed by atoms with E-state index >= 15 is 0 Å². The Kier molecular flexibility index (Phi) is 10.2. The Morgan fingerprint density at radius 2 is 1.74 bits per heavy atom. The average Bonchev–Trinajstić information content (AvgIpc) is 2.84. The normalized spacial score (nSPS) is 12.5. The van der Waals surface area contributed by atoms with E-state index in [-0.39, 0.29) is 11.3 Å². The first kappa shape index (κ1) is 26.8. The number of sulfonamides is 1. The van der Waals surface area contributed by atoms with Crippen molar-refractivity contribution in [3.05, 3.63) is 95.3 Å². The van der Waals surface area contributed by atoms with Crippen LogP contribution in [0.5, 0.6) is 0 Å². The Bertz CT molecular complexity index is 1160. The summed E-state index contributed by atoms with van der Waals surface area (Å²) in [6.07, 6.45) is 5.86. The molecule has 0 aliphatic carbocycles. The third-order valence-electron chi connectivity index (χ3n) is 5.56. The SMILES string of the molecule is O=C(O)CCCCCN(Cc1cccnc1)C[C@H](NS(=O)(=O)c1ccc(Cl)cc1)c1ccccc1. The number of carbonyl (C=O) groups is 1. The molecule has 2 N–H and O–H groups in total. The Morgan fingerprint density at radius 1 is 1.00 bits per heavy atom. The van der Waals surface area contributed by atoms with Crippen molar-refractivity contribution in [1.29, 1.82) is 0 Å². The highest BCUT2D eigenvalue weighted by atomic mass is 35.5. The molecule has 0 bridgehead atoms. The van der Waals surface area contributed by atoms with Crippen molar-refractivity contribution in [2.45, 2.75) is 43.2 Å². The van der Waals surface area contributed by atoms with E-state index < -0.39 is 22.0 Å². The molecule has 1 heterocycles. The molecule has 3 aromatic rings. The summed E-state index contributed by atoms with van der Waals surface area (Å²) in [6.45, 7) is 1.73. The molecule has 9 heteroatoms. The zero-order chi connectivity index (χ0) is 25.1. The van der Waals surface area contributed by atoms with E-state index in [0.29, 0.717) is 31.1 Å². The highest BCUT2D eigenvalue weighted by molar-refractivity contribution is 7.89. The van der Waals surface area contributed by atoms with E-state index in [0.717, 1.165) is 24.0 Å². The second kappa shape index (κ2) is 13.3. The molecular formula is C26H30ClN3O4S. The molecule has 0 unspecified atom stereocenters. The van der Waals surface area contributed by atoms with Gasteiger partial charge in [-0.15, -0.1) is 0 Å². The van der Waals surface area contributed by atoms with Gasteiger partial charge in [0.2, 0.25) is 10.0 Å². The van der Waals surface area contributed by atoms with Crippen LogP contribution in [0.3, 0.4) is 0 Å². The number of rotatable bonds is 14. The number of aliphatic carboxylic acids is 1. The maximum atomic E-state index is 13.2. The summed E-state index contributed by atoms with van der Waals surface area (Å²) in [5.41, 5.74) is 1.87. The topological polar surface area (TPSA) is 99.6 Å². The molecule has 35 heavy (non-hydrogen) atoms. The quantitative estimate of drug-likeness (QED) is 0.296. The van der Waals surface area contributed by atoms with E-state index in [4.69, 9.17) is 16.7 Å². The van der Waals surface area contributed by atoms with Gasteiger partial charge >= 0.3 is 5.97 Å². The van der Waals surface area contributed by atoms with Crippen LogP contribution in [0.15, 0.2) is 84.0 Å². The van der Waals surface area contributed by atoms with Crippen LogP contribution in [-0.2, 0) is 21.4 Å². The van der Waals surface area contributed by atoms with Crippen molar-refractivity contribution in [2.75, 3.05) is 13.1 Å². The molecule has 2 aromatic carbocycles. The molecule has 7 nitrogen and oxygen atoms in total. The van der Waals surface area contributed by atoms with Gasteiger partial charge in [0.25, 0.3) is 0 Å². The molecule has 0 spiro atoms. The second-order valence-electron chi connectivity index (χ2n) is 8.34. The number of hydrogen-bond donors (Lipinski definition) is 2. The number of hydrogen-bond acceptors (Lipinski definition) is 5. The number of nitrogens with zero attached hydrogens (tertiary/aromatic N) is 2. The van der Waals surface area contributed by atoms with Crippen molar-refractivity contribution >= 4 is 27.6 Å².